The smallest absolute Gasteiger partial charge is 0.350 e. The van der Waals surface area contributed by atoms with Gasteiger partial charge in [-0.25, -0.2) is 4.79 Å². The Morgan fingerprint density at radius 3 is 2.76 bits per heavy atom. The maximum absolute atomic E-state index is 11.6. The van der Waals surface area contributed by atoms with Crippen LogP contribution in [-0.2, 0) is 14.4 Å². The van der Waals surface area contributed by atoms with E-state index in [1.165, 1.54) is 0 Å². The molecule has 1 aromatic carbocycles. The number of carbonyl (C=O) groups is 1. The first-order chi connectivity index (χ1) is 8.16. The molecule has 0 spiro atoms. The summed E-state index contributed by atoms with van der Waals surface area (Å²) in [6.07, 6.45) is -0.269. The average molecular weight is 233 g/mol. The Kier molecular flexibility index (Phi) is 3.42. The molecule has 0 aromatic heterocycles. The van der Waals surface area contributed by atoms with Crippen LogP contribution in [0.15, 0.2) is 35.5 Å². The third-order valence-electron chi connectivity index (χ3n) is 2.39. The van der Waals surface area contributed by atoms with Gasteiger partial charge in [0.25, 0.3) is 0 Å². The molecule has 0 amide bonds. The number of esters is 1. The summed E-state index contributed by atoms with van der Waals surface area (Å²) in [7, 11) is 0. The molecule has 0 bridgehead atoms. The van der Waals surface area contributed by atoms with E-state index in [2.05, 4.69) is 5.16 Å². The van der Waals surface area contributed by atoms with Crippen LogP contribution >= 0.6 is 0 Å². The van der Waals surface area contributed by atoms with E-state index in [0.29, 0.717) is 6.42 Å². The molecule has 2 rings (SSSR count). The SMILES string of the molecule is CC(C)OC(=O)C1CC(c2ccccc2)=NO1. The molecule has 17 heavy (non-hydrogen) atoms. The van der Waals surface area contributed by atoms with Crippen LogP contribution in [0.5, 0.6) is 0 Å². The van der Waals surface area contributed by atoms with Crippen LogP contribution in [0.1, 0.15) is 25.8 Å². The second-order valence-corrected chi connectivity index (χ2v) is 4.19. The van der Waals surface area contributed by atoms with Gasteiger partial charge in [-0.3, -0.25) is 0 Å². The molecule has 0 radical (unpaired) electrons. The zero-order valence-corrected chi connectivity index (χ0v) is 9.92. The van der Waals surface area contributed by atoms with Crippen molar-refractivity contribution >= 4 is 11.7 Å². The molecule has 0 aliphatic carbocycles. The van der Waals surface area contributed by atoms with E-state index >= 15 is 0 Å². The Hall–Kier alpha value is -1.84. The summed E-state index contributed by atoms with van der Waals surface area (Å²) in [5.41, 5.74) is 1.77. The number of oxime groups is 1. The highest BCUT2D eigenvalue weighted by Crippen LogP contribution is 2.17. The quantitative estimate of drug-likeness (QED) is 0.751. The van der Waals surface area contributed by atoms with Crippen molar-refractivity contribution in [1.82, 2.24) is 0 Å². The molecule has 1 aliphatic heterocycles. The molecule has 4 heteroatoms. The molecule has 1 unspecified atom stereocenters. The summed E-state index contributed by atoms with van der Waals surface area (Å²) < 4.78 is 5.08. The van der Waals surface area contributed by atoms with Crippen molar-refractivity contribution in [2.45, 2.75) is 32.5 Å². The fourth-order valence-electron chi connectivity index (χ4n) is 1.61. The van der Waals surface area contributed by atoms with Crippen LogP contribution in [0.4, 0.5) is 0 Å². The number of carbonyl (C=O) groups excluding carboxylic acids is 1. The third kappa shape index (κ3) is 2.84. The largest absolute Gasteiger partial charge is 0.460 e. The summed E-state index contributed by atoms with van der Waals surface area (Å²) in [6.45, 7) is 3.62. The minimum absolute atomic E-state index is 0.133. The number of rotatable bonds is 3. The summed E-state index contributed by atoms with van der Waals surface area (Å²) in [5, 5.41) is 3.93. The zero-order chi connectivity index (χ0) is 12.3. The molecule has 90 valence electrons. The molecule has 0 N–H and O–H groups in total. The van der Waals surface area contributed by atoms with Crippen molar-refractivity contribution in [1.29, 1.82) is 0 Å². The van der Waals surface area contributed by atoms with Crippen LogP contribution in [-0.4, -0.2) is 23.9 Å². The topological polar surface area (TPSA) is 47.9 Å². The molecule has 0 fully saturated rings. The standard InChI is InChI=1S/C13H15NO3/c1-9(2)16-13(15)12-8-11(14-17-12)10-6-4-3-5-7-10/h3-7,9,12H,8H2,1-2H3. The van der Waals surface area contributed by atoms with E-state index < -0.39 is 6.10 Å². The average Bonchev–Trinajstić information content (AvgIpc) is 2.78. The van der Waals surface area contributed by atoms with Gasteiger partial charge >= 0.3 is 5.97 Å². The summed E-state index contributed by atoms with van der Waals surface area (Å²) in [6, 6.07) is 9.68. The molecule has 0 saturated heterocycles. The number of hydrogen-bond acceptors (Lipinski definition) is 4. The van der Waals surface area contributed by atoms with Crippen molar-refractivity contribution in [2.24, 2.45) is 5.16 Å². The summed E-state index contributed by atoms with van der Waals surface area (Å²) in [4.78, 5) is 16.7. The van der Waals surface area contributed by atoms with Gasteiger partial charge < -0.3 is 9.57 Å². The molecule has 4 nitrogen and oxygen atoms in total. The van der Waals surface area contributed by atoms with E-state index in [1.54, 1.807) is 0 Å². The van der Waals surface area contributed by atoms with Crippen LogP contribution in [0.3, 0.4) is 0 Å². The van der Waals surface area contributed by atoms with Gasteiger partial charge in [0.05, 0.1) is 11.8 Å². The summed E-state index contributed by atoms with van der Waals surface area (Å²) in [5.74, 6) is -0.352. The Morgan fingerprint density at radius 2 is 2.12 bits per heavy atom. The third-order valence-corrected chi connectivity index (χ3v) is 2.39. The van der Waals surface area contributed by atoms with Gasteiger partial charge in [-0.15, -0.1) is 0 Å². The predicted molar refractivity (Wildman–Crippen MR) is 63.7 cm³/mol. The highest BCUT2D eigenvalue weighted by Gasteiger charge is 2.30. The molecule has 1 heterocycles. The zero-order valence-electron chi connectivity index (χ0n) is 9.92. The lowest BCUT2D eigenvalue weighted by Crippen LogP contribution is -2.26. The van der Waals surface area contributed by atoms with Crippen LogP contribution in [0.2, 0.25) is 0 Å². The minimum atomic E-state index is -0.604. The van der Waals surface area contributed by atoms with Gasteiger partial charge in [0.15, 0.2) is 0 Å². The first-order valence-electron chi connectivity index (χ1n) is 5.65. The lowest BCUT2D eigenvalue weighted by atomic mass is 10.1. The van der Waals surface area contributed by atoms with Crippen LogP contribution in [0.25, 0.3) is 0 Å². The van der Waals surface area contributed by atoms with Crippen molar-refractivity contribution in [3.8, 4) is 0 Å². The molecule has 1 atom stereocenters. The Morgan fingerprint density at radius 1 is 1.41 bits per heavy atom. The van der Waals surface area contributed by atoms with Crippen molar-refractivity contribution in [3.05, 3.63) is 35.9 Å². The molecular weight excluding hydrogens is 218 g/mol. The van der Waals surface area contributed by atoms with Gasteiger partial charge in [-0.05, 0) is 19.4 Å². The Balaban J connectivity index is 1.97. The second kappa shape index (κ2) is 4.99. The van der Waals surface area contributed by atoms with E-state index in [9.17, 15) is 4.79 Å². The lowest BCUT2D eigenvalue weighted by Gasteiger charge is -2.11. The maximum atomic E-state index is 11.6. The Bertz CT molecular complexity index is 426. The number of hydrogen-bond donors (Lipinski definition) is 0. The Labute approximate surface area is 100 Å². The number of benzene rings is 1. The van der Waals surface area contributed by atoms with Gasteiger partial charge in [-0.1, -0.05) is 35.5 Å². The normalized spacial score (nSPS) is 18.8. The van der Waals surface area contributed by atoms with Crippen molar-refractivity contribution < 1.29 is 14.4 Å². The second-order valence-electron chi connectivity index (χ2n) is 4.19. The van der Waals surface area contributed by atoms with Crippen LogP contribution in [0, 0.1) is 0 Å². The van der Waals surface area contributed by atoms with E-state index in [0.717, 1.165) is 11.3 Å². The maximum Gasteiger partial charge on any atom is 0.350 e. The molecule has 1 aliphatic rings. The molecular formula is C13H15NO3. The monoisotopic (exact) mass is 233 g/mol. The van der Waals surface area contributed by atoms with E-state index in [4.69, 9.17) is 9.57 Å². The molecule has 0 saturated carbocycles. The van der Waals surface area contributed by atoms with Crippen molar-refractivity contribution in [2.75, 3.05) is 0 Å². The van der Waals surface area contributed by atoms with Gasteiger partial charge in [0.2, 0.25) is 6.10 Å². The first kappa shape index (κ1) is 11.6. The number of nitrogens with zero attached hydrogens (tertiary/aromatic N) is 1. The molecule has 1 aromatic rings. The van der Waals surface area contributed by atoms with E-state index in [1.807, 2.05) is 44.2 Å². The lowest BCUT2D eigenvalue weighted by molar-refractivity contribution is -0.159. The number of ether oxygens (including phenoxy) is 1. The highest BCUT2D eigenvalue weighted by atomic mass is 16.7. The van der Waals surface area contributed by atoms with Gasteiger partial charge in [-0.2, -0.15) is 0 Å². The van der Waals surface area contributed by atoms with Gasteiger partial charge in [0, 0.05) is 6.42 Å². The highest BCUT2D eigenvalue weighted by molar-refractivity contribution is 6.03. The minimum Gasteiger partial charge on any atom is -0.460 e. The van der Waals surface area contributed by atoms with Crippen LogP contribution < -0.4 is 0 Å². The predicted octanol–water partition coefficient (Wildman–Crippen LogP) is 2.13. The fraction of sp³-hybridized carbons (Fsp3) is 0.385. The van der Waals surface area contributed by atoms with E-state index in [-0.39, 0.29) is 12.1 Å². The van der Waals surface area contributed by atoms with Gasteiger partial charge in [0.1, 0.15) is 0 Å². The van der Waals surface area contributed by atoms with Crippen molar-refractivity contribution in [3.63, 3.8) is 0 Å². The summed E-state index contributed by atoms with van der Waals surface area (Å²) >= 11 is 0. The fourth-order valence-corrected chi connectivity index (χ4v) is 1.61. The first-order valence-corrected chi connectivity index (χ1v) is 5.65.